The van der Waals surface area contributed by atoms with Crippen LogP contribution in [0.15, 0.2) is 41.0 Å². The molecule has 0 aromatic heterocycles. The Bertz CT molecular complexity index is 962. The molecule has 1 heterocycles. The number of primary amides is 1. The number of halogens is 3. The van der Waals surface area contributed by atoms with Crippen LogP contribution in [0, 0.1) is 23.1 Å². The molecule has 2 amide bonds. The van der Waals surface area contributed by atoms with E-state index in [9.17, 15) is 28.0 Å². The largest absolute Gasteiger partial charge is 0.443 e. The quantitative estimate of drug-likeness (QED) is 0.248. The van der Waals surface area contributed by atoms with Crippen LogP contribution in [0.2, 0.25) is 0 Å². The van der Waals surface area contributed by atoms with Gasteiger partial charge in [0.1, 0.15) is 18.3 Å². The van der Waals surface area contributed by atoms with Crippen molar-refractivity contribution in [3.8, 4) is 6.07 Å². The number of hydrogen-bond donors (Lipinski definition) is 4. The first kappa shape index (κ1) is 25.5. The van der Waals surface area contributed by atoms with Crippen molar-refractivity contribution < 1.29 is 32.6 Å². The van der Waals surface area contributed by atoms with E-state index in [0.717, 1.165) is 4.90 Å². The van der Waals surface area contributed by atoms with Gasteiger partial charge in [0.05, 0.1) is 23.2 Å². The van der Waals surface area contributed by atoms with Gasteiger partial charge >= 0.3 is 12.0 Å². The van der Waals surface area contributed by atoms with Gasteiger partial charge in [0.15, 0.2) is 6.61 Å². The average molecular weight is 468 g/mol. The number of ether oxygens (including phenoxy) is 1. The predicted octanol–water partition coefficient (Wildman–Crippen LogP) is 0.751. The third-order valence-electron chi connectivity index (χ3n) is 4.73. The molecule has 178 valence electrons. The number of piperidine rings is 1. The fraction of sp³-hybridized carbons (Fsp3) is 0.400. The summed E-state index contributed by atoms with van der Waals surface area (Å²) in [6.07, 6.45) is 0.391. The lowest BCUT2D eigenvalue weighted by Crippen LogP contribution is -2.50. The number of nitriles is 1. The predicted molar refractivity (Wildman–Crippen MR) is 111 cm³/mol. The minimum absolute atomic E-state index is 0.0816. The fourth-order valence-electron chi connectivity index (χ4n) is 2.93. The fourth-order valence-corrected chi connectivity index (χ4v) is 2.93. The van der Waals surface area contributed by atoms with Gasteiger partial charge in [-0.3, -0.25) is 4.79 Å². The number of aliphatic imine (C=N–C) groups is 1. The summed E-state index contributed by atoms with van der Waals surface area (Å²) < 4.78 is 43.6. The first-order valence-electron chi connectivity index (χ1n) is 9.72. The lowest BCUT2D eigenvalue weighted by Gasteiger charge is -2.35. The molecule has 10 nitrogen and oxygen atoms in total. The Balaban J connectivity index is 2.05. The van der Waals surface area contributed by atoms with Gasteiger partial charge in [-0.25, -0.2) is 23.0 Å². The van der Waals surface area contributed by atoms with Crippen molar-refractivity contribution in [3.05, 3.63) is 41.9 Å². The zero-order chi connectivity index (χ0) is 24.6. The second-order valence-corrected chi connectivity index (χ2v) is 7.21. The number of carbonyl (C=O) groups excluding carboxylic acids is 2. The van der Waals surface area contributed by atoms with Crippen molar-refractivity contribution in [2.45, 2.75) is 18.4 Å². The molecular formula is C20H23F3N6O4. The maximum absolute atomic E-state index is 13.1. The van der Waals surface area contributed by atoms with E-state index in [1.165, 1.54) is 30.5 Å². The summed E-state index contributed by atoms with van der Waals surface area (Å²) in [6.45, 7) is -2.78. The standard InChI is InChI=1S/C20H23F3N6O4/c21-13-1-3-14(4-2-13)28-17(25)15(18(26)31)8-27-16-5-6-29(9-12(16)7-24)19(32)33-11-20(22,23)10-30/h1-4,8,12,16,27,30H,5-6,9-11H2,(H2,25,28)(H2,26,31)/b15-8+/t12-,16-/m1/s1. The lowest BCUT2D eigenvalue weighted by atomic mass is 9.93. The van der Waals surface area contributed by atoms with Crippen LogP contribution in [0.25, 0.3) is 0 Å². The first-order chi connectivity index (χ1) is 15.6. The van der Waals surface area contributed by atoms with Gasteiger partial charge in [-0.15, -0.1) is 0 Å². The summed E-state index contributed by atoms with van der Waals surface area (Å²) in [5, 5.41) is 20.8. The van der Waals surface area contributed by atoms with Crippen LogP contribution in [0.3, 0.4) is 0 Å². The van der Waals surface area contributed by atoms with Crippen molar-refractivity contribution >= 4 is 23.5 Å². The summed E-state index contributed by atoms with van der Waals surface area (Å²) in [5.74, 6) is -5.94. The Morgan fingerprint density at radius 3 is 2.61 bits per heavy atom. The molecule has 0 unspecified atom stereocenters. The number of nitrogens with one attached hydrogen (secondary N) is 1. The van der Waals surface area contributed by atoms with E-state index < -0.39 is 48.9 Å². The van der Waals surface area contributed by atoms with Crippen LogP contribution < -0.4 is 16.8 Å². The third-order valence-corrected chi connectivity index (χ3v) is 4.73. The summed E-state index contributed by atoms with van der Waals surface area (Å²) in [7, 11) is 0. The molecule has 0 saturated carbocycles. The number of amides is 2. The highest BCUT2D eigenvalue weighted by molar-refractivity contribution is 6.20. The van der Waals surface area contributed by atoms with Crippen molar-refractivity contribution in [2.24, 2.45) is 22.4 Å². The van der Waals surface area contributed by atoms with E-state index in [2.05, 4.69) is 15.0 Å². The minimum atomic E-state index is -3.56. The van der Waals surface area contributed by atoms with E-state index >= 15 is 0 Å². The highest BCUT2D eigenvalue weighted by atomic mass is 19.3. The van der Waals surface area contributed by atoms with Gasteiger partial charge in [-0.1, -0.05) is 0 Å². The molecule has 0 radical (unpaired) electrons. The van der Waals surface area contributed by atoms with E-state index in [4.69, 9.17) is 16.6 Å². The molecule has 2 atom stereocenters. The number of aliphatic hydroxyl groups is 1. The zero-order valence-electron chi connectivity index (χ0n) is 17.4. The number of nitrogens with zero attached hydrogens (tertiary/aromatic N) is 3. The third kappa shape index (κ3) is 7.39. The van der Waals surface area contributed by atoms with E-state index in [0.29, 0.717) is 0 Å². The summed E-state index contributed by atoms with van der Waals surface area (Å²) in [5.41, 5.74) is 11.3. The highest BCUT2D eigenvalue weighted by Crippen LogP contribution is 2.20. The van der Waals surface area contributed by atoms with Gasteiger partial charge in [0.25, 0.3) is 5.91 Å². The van der Waals surface area contributed by atoms with Crippen molar-refractivity contribution in [1.29, 1.82) is 5.26 Å². The maximum atomic E-state index is 13.1. The molecule has 0 aliphatic carbocycles. The summed E-state index contributed by atoms with van der Waals surface area (Å²) in [6, 6.07) is 6.52. The lowest BCUT2D eigenvalue weighted by molar-refractivity contribution is -0.114. The highest BCUT2D eigenvalue weighted by Gasteiger charge is 2.35. The SMILES string of the molecule is N#C[C@@H]1CN(C(=O)OCC(F)(F)CO)CC[C@H]1N/C=C(/C(N)=O)C(N)=Nc1ccc(F)cc1. The maximum Gasteiger partial charge on any atom is 0.410 e. The van der Waals surface area contributed by atoms with Crippen molar-refractivity contribution in [1.82, 2.24) is 10.2 Å². The Morgan fingerprint density at radius 1 is 1.36 bits per heavy atom. The molecule has 1 saturated heterocycles. The first-order valence-corrected chi connectivity index (χ1v) is 9.72. The van der Waals surface area contributed by atoms with Crippen LogP contribution in [0.1, 0.15) is 6.42 Å². The Kier molecular flexibility index (Phi) is 8.63. The minimum Gasteiger partial charge on any atom is -0.443 e. The Labute approximate surface area is 187 Å². The molecule has 13 heteroatoms. The number of amidine groups is 1. The molecule has 1 aliphatic rings. The molecule has 1 aromatic carbocycles. The number of carbonyl (C=O) groups is 2. The smallest absolute Gasteiger partial charge is 0.410 e. The average Bonchev–Trinajstić information content (AvgIpc) is 2.79. The van der Waals surface area contributed by atoms with Crippen LogP contribution in [0.5, 0.6) is 0 Å². The number of alkyl halides is 2. The van der Waals surface area contributed by atoms with Crippen molar-refractivity contribution in [3.63, 3.8) is 0 Å². The summed E-state index contributed by atoms with van der Waals surface area (Å²) in [4.78, 5) is 28.9. The van der Waals surface area contributed by atoms with Crippen molar-refractivity contribution in [2.75, 3.05) is 26.3 Å². The number of hydrogen-bond acceptors (Lipinski definition) is 7. The molecule has 1 fully saturated rings. The molecule has 6 N–H and O–H groups in total. The zero-order valence-corrected chi connectivity index (χ0v) is 17.4. The topological polar surface area (TPSA) is 167 Å². The van der Waals surface area contributed by atoms with E-state index in [1.54, 1.807) is 0 Å². The Hall–Kier alpha value is -3.79. The summed E-state index contributed by atoms with van der Waals surface area (Å²) >= 11 is 0. The van der Waals surface area contributed by atoms with Crippen LogP contribution in [0.4, 0.5) is 23.7 Å². The number of likely N-dealkylation sites (tertiary alicyclic amines) is 1. The second-order valence-electron chi connectivity index (χ2n) is 7.21. The van der Waals surface area contributed by atoms with E-state index in [1.807, 2.05) is 6.07 Å². The number of rotatable bonds is 8. The molecule has 1 aromatic rings. The Morgan fingerprint density at radius 2 is 2.03 bits per heavy atom. The van der Waals surface area contributed by atoms with Gasteiger partial charge in [-0.2, -0.15) is 5.26 Å². The number of nitrogens with two attached hydrogens (primary N) is 2. The van der Waals surface area contributed by atoms with Gasteiger partial charge in [-0.05, 0) is 30.7 Å². The normalized spacial score (nSPS) is 19.5. The monoisotopic (exact) mass is 468 g/mol. The molecule has 33 heavy (non-hydrogen) atoms. The van der Waals surface area contributed by atoms with Gasteiger partial charge in [0, 0.05) is 25.3 Å². The molecule has 0 bridgehead atoms. The van der Waals surface area contributed by atoms with Crippen LogP contribution in [-0.2, 0) is 9.53 Å². The number of aliphatic hydroxyl groups excluding tert-OH is 1. The van der Waals surface area contributed by atoms with Crippen LogP contribution >= 0.6 is 0 Å². The van der Waals surface area contributed by atoms with E-state index in [-0.39, 0.29) is 36.6 Å². The van der Waals surface area contributed by atoms with Crippen LogP contribution in [-0.4, -0.2) is 66.1 Å². The molecular weight excluding hydrogens is 445 g/mol. The second kappa shape index (κ2) is 11.2. The number of benzene rings is 1. The molecule has 2 rings (SSSR count). The van der Waals surface area contributed by atoms with Gasteiger partial charge < -0.3 is 31.5 Å². The molecule has 0 spiro atoms. The van der Waals surface area contributed by atoms with Gasteiger partial charge in [0.2, 0.25) is 0 Å². The molecule has 1 aliphatic heterocycles.